The Morgan fingerprint density at radius 3 is 2.61 bits per heavy atom. The highest BCUT2D eigenvalue weighted by Gasteiger charge is 2.11. The lowest BCUT2D eigenvalue weighted by Crippen LogP contribution is -2.41. The van der Waals surface area contributed by atoms with Crippen molar-refractivity contribution in [1.82, 2.24) is 10.2 Å². The van der Waals surface area contributed by atoms with Crippen LogP contribution in [0.3, 0.4) is 0 Å². The third kappa shape index (κ3) is 5.66. The average molecular weight is 312 g/mol. The van der Waals surface area contributed by atoms with Crippen LogP contribution in [0.1, 0.15) is 18.1 Å². The SMILES string of the molecule is CCN(Cc1ccccc1)C(=O)NCCOc1cccc(C)c1. The normalized spacial score (nSPS) is 10.2. The molecule has 4 heteroatoms. The van der Waals surface area contributed by atoms with Gasteiger partial charge in [-0.1, -0.05) is 42.5 Å². The van der Waals surface area contributed by atoms with Crippen LogP contribution in [0, 0.1) is 6.92 Å². The van der Waals surface area contributed by atoms with Crippen LogP contribution in [0.5, 0.6) is 5.75 Å². The summed E-state index contributed by atoms with van der Waals surface area (Å²) in [4.78, 5) is 14.0. The summed E-state index contributed by atoms with van der Waals surface area (Å²) in [5.41, 5.74) is 2.28. The Kier molecular flexibility index (Phi) is 6.48. The van der Waals surface area contributed by atoms with E-state index in [4.69, 9.17) is 4.74 Å². The molecule has 0 saturated heterocycles. The highest BCUT2D eigenvalue weighted by Crippen LogP contribution is 2.11. The van der Waals surface area contributed by atoms with Gasteiger partial charge in [0.05, 0.1) is 6.54 Å². The lowest BCUT2D eigenvalue weighted by Gasteiger charge is -2.21. The third-order valence-corrected chi connectivity index (χ3v) is 3.52. The molecule has 0 saturated carbocycles. The topological polar surface area (TPSA) is 41.6 Å². The second-order valence-electron chi connectivity index (χ2n) is 5.40. The molecule has 0 radical (unpaired) electrons. The lowest BCUT2D eigenvalue weighted by atomic mass is 10.2. The van der Waals surface area contributed by atoms with Crippen molar-refractivity contribution in [3.05, 3.63) is 65.7 Å². The fourth-order valence-corrected chi connectivity index (χ4v) is 2.27. The van der Waals surface area contributed by atoms with Crippen LogP contribution in [0.2, 0.25) is 0 Å². The van der Waals surface area contributed by atoms with E-state index in [1.165, 1.54) is 0 Å². The van der Waals surface area contributed by atoms with Crippen LogP contribution < -0.4 is 10.1 Å². The van der Waals surface area contributed by atoms with Crippen LogP contribution in [0.4, 0.5) is 4.79 Å². The van der Waals surface area contributed by atoms with Gasteiger partial charge in [-0.2, -0.15) is 0 Å². The van der Waals surface area contributed by atoms with E-state index < -0.39 is 0 Å². The second kappa shape index (κ2) is 8.83. The Morgan fingerprint density at radius 2 is 1.91 bits per heavy atom. The van der Waals surface area contributed by atoms with Gasteiger partial charge >= 0.3 is 6.03 Å². The maximum atomic E-state index is 12.2. The van der Waals surface area contributed by atoms with Crippen molar-refractivity contribution >= 4 is 6.03 Å². The van der Waals surface area contributed by atoms with Crippen molar-refractivity contribution < 1.29 is 9.53 Å². The van der Waals surface area contributed by atoms with Gasteiger partial charge in [0, 0.05) is 13.1 Å². The molecule has 0 fully saturated rings. The van der Waals surface area contributed by atoms with Gasteiger partial charge < -0.3 is 15.0 Å². The van der Waals surface area contributed by atoms with E-state index in [1.54, 1.807) is 4.90 Å². The number of hydrogen-bond donors (Lipinski definition) is 1. The van der Waals surface area contributed by atoms with E-state index in [0.29, 0.717) is 26.2 Å². The van der Waals surface area contributed by atoms with Crippen LogP contribution in [0.25, 0.3) is 0 Å². The summed E-state index contributed by atoms with van der Waals surface area (Å²) >= 11 is 0. The van der Waals surface area contributed by atoms with Crippen molar-refractivity contribution in [2.24, 2.45) is 0 Å². The monoisotopic (exact) mass is 312 g/mol. The average Bonchev–Trinajstić information content (AvgIpc) is 2.57. The number of benzene rings is 2. The van der Waals surface area contributed by atoms with E-state index in [-0.39, 0.29) is 6.03 Å². The minimum absolute atomic E-state index is 0.0656. The smallest absolute Gasteiger partial charge is 0.317 e. The van der Waals surface area contributed by atoms with Gasteiger partial charge in [-0.15, -0.1) is 0 Å². The molecule has 0 spiro atoms. The summed E-state index contributed by atoms with van der Waals surface area (Å²) in [6.07, 6.45) is 0. The largest absolute Gasteiger partial charge is 0.492 e. The maximum absolute atomic E-state index is 12.2. The van der Waals surface area contributed by atoms with Gasteiger partial charge in [-0.25, -0.2) is 4.79 Å². The molecule has 0 atom stereocenters. The lowest BCUT2D eigenvalue weighted by molar-refractivity contribution is 0.195. The maximum Gasteiger partial charge on any atom is 0.317 e. The number of urea groups is 1. The molecule has 0 bridgehead atoms. The van der Waals surface area contributed by atoms with Crippen molar-refractivity contribution in [3.8, 4) is 5.75 Å². The first-order valence-corrected chi connectivity index (χ1v) is 7.95. The zero-order chi connectivity index (χ0) is 16.5. The van der Waals surface area contributed by atoms with E-state index in [9.17, 15) is 4.79 Å². The second-order valence-corrected chi connectivity index (χ2v) is 5.40. The molecule has 4 nitrogen and oxygen atoms in total. The summed E-state index contributed by atoms with van der Waals surface area (Å²) in [5, 5.41) is 2.90. The minimum Gasteiger partial charge on any atom is -0.492 e. The van der Waals surface area contributed by atoms with Crippen molar-refractivity contribution in [2.75, 3.05) is 19.7 Å². The molecule has 2 aromatic rings. The first-order valence-electron chi connectivity index (χ1n) is 7.95. The number of aryl methyl sites for hydroxylation is 1. The number of carbonyl (C=O) groups excluding carboxylic acids is 1. The number of ether oxygens (including phenoxy) is 1. The van der Waals surface area contributed by atoms with E-state index >= 15 is 0 Å². The Labute approximate surface area is 138 Å². The van der Waals surface area contributed by atoms with E-state index in [1.807, 2.05) is 68.4 Å². The molecular formula is C19H24N2O2. The number of rotatable bonds is 7. The summed E-state index contributed by atoms with van der Waals surface area (Å²) in [5.74, 6) is 0.830. The Hall–Kier alpha value is -2.49. The zero-order valence-corrected chi connectivity index (χ0v) is 13.8. The zero-order valence-electron chi connectivity index (χ0n) is 13.8. The van der Waals surface area contributed by atoms with Crippen molar-refractivity contribution in [3.63, 3.8) is 0 Å². The summed E-state index contributed by atoms with van der Waals surface area (Å²) in [7, 11) is 0. The fraction of sp³-hybridized carbons (Fsp3) is 0.316. The van der Waals surface area contributed by atoms with Crippen molar-refractivity contribution in [2.45, 2.75) is 20.4 Å². The fourth-order valence-electron chi connectivity index (χ4n) is 2.27. The molecule has 2 amide bonds. The number of hydrogen-bond acceptors (Lipinski definition) is 2. The summed E-state index contributed by atoms with van der Waals surface area (Å²) in [6.45, 7) is 6.22. The molecule has 0 unspecified atom stereocenters. The molecule has 0 heterocycles. The quantitative estimate of drug-likeness (QED) is 0.794. The molecule has 0 aromatic heterocycles. The number of nitrogens with one attached hydrogen (secondary N) is 1. The molecule has 122 valence electrons. The van der Waals surface area contributed by atoms with Gasteiger partial charge in [-0.3, -0.25) is 0 Å². The molecule has 0 aliphatic rings. The van der Waals surface area contributed by atoms with Crippen molar-refractivity contribution in [1.29, 1.82) is 0 Å². The minimum atomic E-state index is -0.0656. The first-order chi connectivity index (χ1) is 11.2. The molecule has 0 aliphatic heterocycles. The van der Waals surface area contributed by atoms with Gasteiger partial charge in [0.1, 0.15) is 12.4 Å². The third-order valence-electron chi connectivity index (χ3n) is 3.52. The number of amides is 2. The standard InChI is InChI=1S/C19H24N2O2/c1-3-21(15-17-9-5-4-6-10-17)19(22)20-12-13-23-18-11-7-8-16(2)14-18/h4-11,14H,3,12-13,15H2,1-2H3,(H,20,22). The van der Waals surface area contributed by atoms with Crippen LogP contribution in [-0.4, -0.2) is 30.6 Å². The van der Waals surface area contributed by atoms with Crippen LogP contribution >= 0.6 is 0 Å². The summed E-state index contributed by atoms with van der Waals surface area (Å²) < 4.78 is 5.64. The first kappa shape index (κ1) is 16.9. The molecule has 1 N–H and O–H groups in total. The van der Waals surface area contributed by atoms with E-state index in [2.05, 4.69) is 5.32 Å². The molecule has 2 rings (SSSR count). The van der Waals surface area contributed by atoms with Gasteiger partial charge in [0.25, 0.3) is 0 Å². The highest BCUT2D eigenvalue weighted by molar-refractivity contribution is 5.74. The predicted molar refractivity (Wildman–Crippen MR) is 92.6 cm³/mol. The van der Waals surface area contributed by atoms with Crippen LogP contribution in [-0.2, 0) is 6.54 Å². The number of carbonyl (C=O) groups is 1. The summed E-state index contributed by atoms with van der Waals surface area (Å²) in [6, 6.07) is 17.8. The van der Waals surface area contributed by atoms with Gasteiger partial charge in [0.2, 0.25) is 0 Å². The highest BCUT2D eigenvalue weighted by atomic mass is 16.5. The molecule has 23 heavy (non-hydrogen) atoms. The molecular weight excluding hydrogens is 288 g/mol. The predicted octanol–water partition coefficient (Wildman–Crippen LogP) is 3.61. The van der Waals surface area contributed by atoms with Crippen LogP contribution in [0.15, 0.2) is 54.6 Å². The van der Waals surface area contributed by atoms with Gasteiger partial charge in [-0.05, 0) is 37.1 Å². The molecule has 2 aromatic carbocycles. The Bertz CT molecular complexity index is 614. The van der Waals surface area contributed by atoms with E-state index in [0.717, 1.165) is 16.9 Å². The Morgan fingerprint density at radius 1 is 1.13 bits per heavy atom. The Balaban J connectivity index is 1.74. The number of nitrogens with zero attached hydrogens (tertiary/aromatic N) is 1. The van der Waals surface area contributed by atoms with Gasteiger partial charge in [0.15, 0.2) is 0 Å². The molecule has 0 aliphatic carbocycles.